The van der Waals surface area contributed by atoms with Crippen LogP contribution in [0.4, 0.5) is 0 Å². The zero-order chi connectivity index (χ0) is 7.44. The van der Waals surface area contributed by atoms with Crippen LogP contribution in [0.2, 0.25) is 0 Å². The Bertz CT molecular complexity index is 177. The van der Waals surface area contributed by atoms with Crippen LogP contribution in [0.25, 0.3) is 0 Å². The number of carbonyl (C=O) groups excluding carboxylic acids is 1. The number of rotatable bonds is 2. The lowest BCUT2D eigenvalue weighted by Crippen LogP contribution is -2.10. The van der Waals surface area contributed by atoms with Crippen molar-refractivity contribution in [2.75, 3.05) is 0 Å². The normalized spacial score (nSPS) is 11.1. The lowest BCUT2D eigenvalue weighted by Gasteiger charge is -1.86. The summed E-state index contributed by atoms with van der Waals surface area (Å²) < 4.78 is 0.0995. The summed E-state index contributed by atoms with van der Waals surface area (Å²) >= 11 is 7.89. The van der Waals surface area contributed by atoms with Crippen LogP contribution in [0.3, 0.4) is 0 Å². The molecule has 0 aromatic rings. The number of nitrogens with one attached hydrogen (secondary N) is 1. The highest BCUT2D eigenvalue weighted by Crippen LogP contribution is 2.03. The van der Waals surface area contributed by atoms with Crippen LogP contribution in [0, 0.1) is 5.41 Å². The van der Waals surface area contributed by atoms with Crippen molar-refractivity contribution in [3.63, 3.8) is 0 Å². The predicted molar refractivity (Wildman–Crippen MR) is 39.8 cm³/mol. The van der Waals surface area contributed by atoms with Crippen molar-refractivity contribution in [2.45, 2.75) is 0 Å². The van der Waals surface area contributed by atoms with Crippen LogP contribution in [0.1, 0.15) is 0 Å². The van der Waals surface area contributed by atoms with Crippen molar-refractivity contribution in [1.29, 1.82) is 5.41 Å². The van der Waals surface area contributed by atoms with Gasteiger partial charge in [-0.2, -0.15) is 0 Å². The molecule has 0 aliphatic heterocycles. The van der Waals surface area contributed by atoms with Gasteiger partial charge in [0.05, 0.1) is 4.48 Å². The Morgan fingerprint density at radius 3 is 2.33 bits per heavy atom. The molecular weight excluding hydrogens is 207 g/mol. The van der Waals surface area contributed by atoms with Gasteiger partial charge in [-0.15, -0.1) is 0 Å². The summed E-state index contributed by atoms with van der Waals surface area (Å²) in [6, 6.07) is 0. The second-order valence-corrected chi connectivity index (χ2v) is 2.47. The van der Waals surface area contributed by atoms with Gasteiger partial charge in [0.15, 0.2) is 0 Å². The molecule has 5 heteroatoms. The molecule has 0 bridgehead atoms. The third kappa shape index (κ3) is 4.17. The molecule has 0 fully saturated rings. The molecule has 0 saturated carbocycles. The first kappa shape index (κ1) is 8.65. The minimum Gasteiger partial charge on any atom is -0.365 e. The van der Waals surface area contributed by atoms with Gasteiger partial charge in [-0.05, 0) is 22.0 Å². The highest BCUT2D eigenvalue weighted by Gasteiger charge is 1.98. The number of amides is 1. The second kappa shape index (κ2) is 3.63. The quantitative estimate of drug-likeness (QED) is 0.519. The predicted octanol–water partition coefficient (Wildman–Crippen LogP) is 0.967. The SMILES string of the molecule is N=C(Cl)/C=C(/Br)C(N)=O. The van der Waals surface area contributed by atoms with E-state index in [1.54, 1.807) is 0 Å². The first-order valence-electron chi connectivity index (χ1n) is 1.95. The summed E-state index contributed by atoms with van der Waals surface area (Å²) in [4.78, 5) is 10.2. The van der Waals surface area contributed by atoms with Gasteiger partial charge >= 0.3 is 0 Å². The van der Waals surface area contributed by atoms with Crippen LogP contribution >= 0.6 is 27.5 Å². The Kier molecular flexibility index (Phi) is 3.49. The first-order chi connectivity index (χ1) is 4.04. The number of carbonyl (C=O) groups is 1. The summed E-state index contributed by atoms with van der Waals surface area (Å²) in [6.45, 7) is 0. The van der Waals surface area contributed by atoms with Gasteiger partial charge in [0, 0.05) is 0 Å². The van der Waals surface area contributed by atoms with Gasteiger partial charge in [0.25, 0.3) is 5.91 Å². The molecule has 0 radical (unpaired) electrons. The molecule has 0 unspecified atom stereocenters. The molecule has 50 valence electrons. The van der Waals surface area contributed by atoms with Gasteiger partial charge in [-0.3, -0.25) is 10.2 Å². The molecule has 0 saturated heterocycles. The van der Waals surface area contributed by atoms with Crippen molar-refractivity contribution in [1.82, 2.24) is 0 Å². The Balaban J connectivity index is 4.17. The molecule has 9 heavy (non-hydrogen) atoms. The van der Waals surface area contributed by atoms with Crippen LogP contribution in [-0.2, 0) is 4.79 Å². The number of hydrogen-bond acceptors (Lipinski definition) is 2. The van der Waals surface area contributed by atoms with Crippen molar-refractivity contribution < 1.29 is 4.79 Å². The van der Waals surface area contributed by atoms with Crippen molar-refractivity contribution in [2.24, 2.45) is 5.73 Å². The summed E-state index contributed by atoms with van der Waals surface area (Å²) in [5.41, 5.74) is 4.77. The second-order valence-electron chi connectivity index (χ2n) is 1.20. The lowest BCUT2D eigenvalue weighted by atomic mass is 10.5. The smallest absolute Gasteiger partial charge is 0.255 e. The van der Waals surface area contributed by atoms with E-state index in [9.17, 15) is 4.79 Å². The van der Waals surface area contributed by atoms with Gasteiger partial charge in [0.2, 0.25) is 0 Å². The zero-order valence-corrected chi connectivity index (χ0v) is 6.66. The Hall–Kier alpha value is -0.350. The highest BCUT2D eigenvalue weighted by atomic mass is 79.9. The van der Waals surface area contributed by atoms with E-state index in [0.29, 0.717) is 0 Å². The van der Waals surface area contributed by atoms with Crippen LogP contribution < -0.4 is 5.73 Å². The molecule has 0 atom stereocenters. The van der Waals surface area contributed by atoms with Gasteiger partial charge in [0.1, 0.15) is 5.17 Å². The Labute approximate surface area is 65.5 Å². The van der Waals surface area contributed by atoms with Gasteiger partial charge < -0.3 is 5.73 Å². The number of nitrogens with two attached hydrogens (primary N) is 1. The fourth-order valence-electron chi connectivity index (χ4n) is 0.182. The van der Waals surface area contributed by atoms with Crippen LogP contribution in [0.15, 0.2) is 10.6 Å². The highest BCUT2D eigenvalue weighted by molar-refractivity contribution is 9.12. The molecule has 0 rings (SSSR count). The van der Waals surface area contributed by atoms with E-state index in [1.165, 1.54) is 0 Å². The molecular formula is C4H4BrClN2O. The van der Waals surface area contributed by atoms with Crippen molar-refractivity contribution >= 4 is 38.6 Å². The third-order valence-electron chi connectivity index (χ3n) is 0.489. The first-order valence-corrected chi connectivity index (χ1v) is 3.12. The average Bonchev–Trinajstić information content (AvgIpc) is 1.63. The van der Waals surface area contributed by atoms with E-state index in [1.807, 2.05) is 0 Å². The standard InChI is InChI=1S/C4H4BrClN2O/c5-2(4(8)9)1-3(6)7/h1,7H,(H2,8,9)/b2-1+,7-3?. The maximum Gasteiger partial charge on any atom is 0.255 e. The van der Waals surface area contributed by atoms with E-state index in [4.69, 9.17) is 22.7 Å². The number of halogens is 2. The van der Waals surface area contributed by atoms with Crippen LogP contribution in [-0.4, -0.2) is 11.1 Å². The fourth-order valence-corrected chi connectivity index (χ4v) is 0.652. The molecule has 0 spiro atoms. The maximum atomic E-state index is 10.2. The zero-order valence-electron chi connectivity index (χ0n) is 4.32. The number of allylic oxidation sites excluding steroid dienone is 1. The molecule has 0 aliphatic rings. The number of primary amides is 1. The molecule has 0 aliphatic carbocycles. The Morgan fingerprint density at radius 2 is 2.22 bits per heavy atom. The van der Waals surface area contributed by atoms with Crippen LogP contribution in [0.5, 0.6) is 0 Å². The fraction of sp³-hybridized carbons (Fsp3) is 0. The maximum absolute atomic E-state index is 10.2. The summed E-state index contributed by atoms with van der Waals surface area (Å²) in [5.74, 6) is -0.639. The Morgan fingerprint density at radius 1 is 1.78 bits per heavy atom. The van der Waals surface area contributed by atoms with Gasteiger partial charge in [-0.1, -0.05) is 11.6 Å². The monoisotopic (exact) mass is 210 g/mol. The summed E-state index contributed by atoms with van der Waals surface area (Å²) in [7, 11) is 0. The molecule has 0 heterocycles. The van der Waals surface area contributed by atoms with Crippen molar-refractivity contribution in [3.8, 4) is 0 Å². The molecule has 3 nitrogen and oxygen atoms in total. The van der Waals surface area contributed by atoms with E-state index in [0.717, 1.165) is 6.08 Å². The molecule has 0 aromatic heterocycles. The summed E-state index contributed by atoms with van der Waals surface area (Å²) in [6.07, 6.45) is 1.11. The largest absolute Gasteiger partial charge is 0.365 e. The van der Waals surface area contributed by atoms with E-state index in [-0.39, 0.29) is 9.65 Å². The topological polar surface area (TPSA) is 66.9 Å². The lowest BCUT2D eigenvalue weighted by molar-refractivity contribution is -0.113. The van der Waals surface area contributed by atoms with E-state index >= 15 is 0 Å². The van der Waals surface area contributed by atoms with Crippen molar-refractivity contribution in [3.05, 3.63) is 10.6 Å². The molecule has 0 aromatic carbocycles. The average molecular weight is 211 g/mol. The minimum absolute atomic E-state index is 0.0995. The van der Waals surface area contributed by atoms with E-state index in [2.05, 4.69) is 15.9 Å². The third-order valence-corrected chi connectivity index (χ3v) is 1.22. The van der Waals surface area contributed by atoms with Gasteiger partial charge in [-0.25, -0.2) is 0 Å². The molecule has 1 amide bonds. The summed E-state index contributed by atoms with van der Waals surface area (Å²) in [5, 5.41) is 6.43. The van der Waals surface area contributed by atoms with E-state index < -0.39 is 5.91 Å². The minimum atomic E-state index is -0.639. The molecule has 3 N–H and O–H groups in total. The number of hydrogen-bond donors (Lipinski definition) is 2.